The van der Waals surface area contributed by atoms with Gasteiger partial charge in [-0.1, -0.05) is 12.2 Å². The van der Waals surface area contributed by atoms with E-state index in [2.05, 4.69) is 22.4 Å². The average Bonchev–Trinajstić information content (AvgIpc) is 2.70. The number of allylic oxidation sites excluding steroid dienone is 1. The van der Waals surface area contributed by atoms with Crippen LogP contribution in [-0.4, -0.2) is 37.6 Å². The monoisotopic (exact) mass is 274 g/mol. The van der Waals surface area contributed by atoms with Gasteiger partial charge < -0.3 is 5.32 Å². The van der Waals surface area contributed by atoms with Gasteiger partial charge in [-0.3, -0.25) is 4.90 Å². The van der Waals surface area contributed by atoms with E-state index >= 15 is 0 Å². The smallest absolute Gasteiger partial charge is 0.0163 e. The van der Waals surface area contributed by atoms with Crippen molar-refractivity contribution in [1.29, 1.82) is 0 Å². The molecule has 112 valence electrons. The summed E-state index contributed by atoms with van der Waals surface area (Å²) in [6.45, 7) is 6.07. The largest absolute Gasteiger partial charge is 0.315 e. The van der Waals surface area contributed by atoms with Crippen molar-refractivity contribution in [2.24, 2.45) is 29.6 Å². The molecule has 0 unspecified atom stereocenters. The molecule has 5 rings (SSSR count). The van der Waals surface area contributed by atoms with Crippen LogP contribution in [0.2, 0.25) is 0 Å². The summed E-state index contributed by atoms with van der Waals surface area (Å²) < 4.78 is 0. The van der Waals surface area contributed by atoms with E-state index in [4.69, 9.17) is 0 Å². The molecule has 4 aliphatic carbocycles. The summed E-state index contributed by atoms with van der Waals surface area (Å²) in [6.07, 6.45) is 14.2. The van der Waals surface area contributed by atoms with Gasteiger partial charge in [-0.25, -0.2) is 0 Å². The van der Waals surface area contributed by atoms with E-state index in [9.17, 15) is 0 Å². The van der Waals surface area contributed by atoms with Gasteiger partial charge in [0.15, 0.2) is 0 Å². The molecule has 2 nitrogen and oxygen atoms in total. The van der Waals surface area contributed by atoms with E-state index < -0.39 is 0 Å². The first-order valence-electron chi connectivity index (χ1n) is 8.98. The zero-order valence-corrected chi connectivity index (χ0v) is 12.8. The molecular formula is C18H30N2. The summed E-state index contributed by atoms with van der Waals surface area (Å²) in [5.41, 5.74) is 0. The van der Waals surface area contributed by atoms with E-state index in [1.54, 1.807) is 32.1 Å². The molecule has 0 radical (unpaired) electrons. The molecule has 4 bridgehead atoms. The maximum atomic E-state index is 3.49. The molecule has 1 saturated heterocycles. The second kappa shape index (κ2) is 5.81. The highest BCUT2D eigenvalue weighted by molar-refractivity contribution is 5.05. The fourth-order valence-corrected chi connectivity index (χ4v) is 5.73. The predicted molar refractivity (Wildman–Crippen MR) is 83.6 cm³/mol. The van der Waals surface area contributed by atoms with Crippen LogP contribution in [0.3, 0.4) is 0 Å². The van der Waals surface area contributed by atoms with Crippen LogP contribution in [0.15, 0.2) is 12.2 Å². The van der Waals surface area contributed by atoms with Gasteiger partial charge in [0.05, 0.1) is 0 Å². The summed E-state index contributed by atoms with van der Waals surface area (Å²) in [6, 6.07) is 0. The van der Waals surface area contributed by atoms with Crippen LogP contribution < -0.4 is 5.32 Å². The Morgan fingerprint density at radius 3 is 2.40 bits per heavy atom. The Hall–Kier alpha value is -0.340. The Labute approximate surface area is 124 Å². The lowest BCUT2D eigenvalue weighted by Gasteiger charge is -2.53. The maximum Gasteiger partial charge on any atom is 0.0163 e. The highest BCUT2D eigenvalue weighted by Gasteiger charge is 2.46. The number of nitrogens with zero attached hydrogens (tertiary/aromatic N) is 1. The highest BCUT2D eigenvalue weighted by atomic mass is 15.1. The molecule has 0 aromatic carbocycles. The van der Waals surface area contributed by atoms with Crippen LogP contribution in [0, 0.1) is 29.6 Å². The van der Waals surface area contributed by atoms with E-state index in [-0.39, 0.29) is 0 Å². The van der Waals surface area contributed by atoms with Gasteiger partial charge in [0.2, 0.25) is 0 Å². The first-order valence-corrected chi connectivity index (χ1v) is 8.98. The van der Waals surface area contributed by atoms with Crippen molar-refractivity contribution in [3.05, 3.63) is 12.2 Å². The quantitative estimate of drug-likeness (QED) is 0.796. The van der Waals surface area contributed by atoms with Crippen LogP contribution in [0.1, 0.15) is 38.5 Å². The van der Waals surface area contributed by atoms with Gasteiger partial charge in [-0.15, -0.1) is 0 Å². The molecule has 1 heterocycles. The standard InChI is InChI=1S/C18H30N2/c1(6-20-7-2-4-19-5-8-20)3-18-16-10-14-9-15(12-16)13-17(18)11-14/h1,3,14-19H,2,4-13H2/b3-1+. The Morgan fingerprint density at radius 2 is 1.65 bits per heavy atom. The maximum absolute atomic E-state index is 3.49. The lowest BCUT2D eigenvalue weighted by molar-refractivity contribution is -0.0162. The van der Waals surface area contributed by atoms with Gasteiger partial charge in [0, 0.05) is 19.6 Å². The fourth-order valence-electron chi connectivity index (χ4n) is 5.73. The summed E-state index contributed by atoms with van der Waals surface area (Å²) in [4.78, 5) is 2.62. The second-order valence-corrected chi connectivity index (χ2v) is 7.84. The van der Waals surface area contributed by atoms with E-state index in [1.165, 1.54) is 39.1 Å². The molecular weight excluding hydrogens is 244 g/mol. The van der Waals surface area contributed by atoms with Crippen molar-refractivity contribution < 1.29 is 0 Å². The Balaban J connectivity index is 1.33. The third kappa shape index (κ3) is 2.69. The van der Waals surface area contributed by atoms with Crippen molar-refractivity contribution in [3.63, 3.8) is 0 Å². The van der Waals surface area contributed by atoms with E-state index in [0.29, 0.717) is 0 Å². The number of hydrogen-bond acceptors (Lipinski definition) is 2. The second-order valence-electron chi connectivity index (χ2n) is 7.84. The molecule has 0 spiro atoms. The Kier molecular flexibility index (Phi) is 3.87. The number of rotatable bonds is 3. The van der Waals surface area contributed by atoms with Gasteiger partial charge >= 0.3 is 0 Å². The van der Waals surface area contributed by atoms with Crippen molar-refractivity contribution in [2.75, 3.05) is 32.7 Å². The van der Waals surface area contributed by atoms with Crippen LogP contribution in [0.4, 0.5) is 0 Å². The molecule has 1 N–H and O–H groups in total. The third-order valence-corrected chi connectivity index (χ3v) is 6.45. The topological polar surface area (TPSA) is 15.3 Å². The lowest BCUT2D eigenvalue weighted by atomic mass is 9.52. The molecule has 0 atom stereocenters. The zero-order chi connectivity index (χ0) is 13.4. The molecule has 4 saturated carbocycles. The van der Waals surface area contributed by atoms with E-state index in [0.717, 1.165) is 29.6 Å². The predicted octanol–water partition coefficient (Wildman–Crippen LogP) is 2.91. The molecule has 5 fully saturated rings. The molecule has 0 aromatic rings. The number of hydrogen-bond donors (Lipinski definition) is 1. The van der Waals surface area contributed by atoms with Crippen LogP contribution in [0.25, 0.3) is 0 Å². The van der Waals surface area contributed by atoms with Gasteiger partial charge in [-0.05, 0) is 81.2 Å². The van der Waals surface area contributed by atoms with Gasteiger partial charge in [0.25, 0.3) is 0 Å². The number of nitrogens with one attached hydrogen (secondary N) is 1. The molecule has 20 heavy (non-hydrogen) atoms. The van der Waals surface area contributed by atoms with Crippen LogP contribution >= 0.6 is 0 Å². The summed E-state index contributed by atoms with van der Waals surface area (Å²) in [7, 11) is 0. The van der Waals surface area contributed by atoms with Gasteiger partial charge in [0.1, 0.15) is 0 Å². The Bertz CT molecular complexity index is 326. The molecule has 0 aromatic heterocycles. The van der Waals surface area contributed by atoms with Crippen molar-refractivity contribution in [3.8, 4) is 0 Å². The Morgan fingerprint density at radius 1 is 0.900 bits per heavy atom. The highest BCUT2D eigenvalue weighted by Crippen LogP contribution is 2.56. The minimum Gasteiger partial charge on any atom is -0.315 e. The van der Waals surface area contributed by atoms with Gasteiger partial charge in [-0.2, -0.15) is 0 Å². The molecule has 1 aliphatic heterocycles. The minimum atomic E-state index is 0.938. The normalized spacial score (nSPS) is 45.1. The SMILES string of the molecule is C(=C\C1C2CC3CC(C2)CC1C3)/CN1CCCNCC1. The molecule has 2 heteroatoms. The first-order chi connectivity index (χ1) is 9.88. The molecule has 5 aliphatic rings. The summed E-state index contributed by atoms with van der Waals surface area (Å²) in [5, 5.41) is 3.49. The van der Waals surface area contributed by atoms with Crippen molar-refractivity contribution in [2.45, 2.75) is 38.5 Å². The molecule has 0 amide bonds. The summed E-state index contributed by atoms with van der Waals surface area (Å²) >= 11 is 0. The first kappa shape index (κ1) is 13.3. The van der Waals surface area contributed by atoms with E-state index in [1.807, 2.05) is 0 Å². The zero-order valence-electron chi connectivity index (χ0n) is 12.8. The van der Waals surface area contributed by atoms with Crippen molar-refractivity contribution >= 4 is 0 Å². The average molecular weight is 274 g/mol. The minimum absolute atomic E-state index is 0.938. The fraction of sp³-hybridized carbons (Fsp3) is 0.889. The van der Waals surface area contributed by atoms with Crippen LogP contribution in [0.5, 0.6) is 0 Å². The summed E-state index contributed by atoms with van der Waals surface area (Å²) in [5.74, 6) is 5.26. The lowest BCUT2D eigenvalue weighted by Crippen LogP contribution is -2.44. The van der Waals surface area contributed by atoms with Crippen LogP contribution in [-0.2, 0) is 0 Å². The van der Waals surface area contributed by atoms with Crippen molar-refractivity contribution in [1.82, 2.24) is 10.2 Å². The third-order valence-electron chi connectivity index (χ3n) is 6.45.